The zero-order valence-corrected chi connectivity index (χ0v) is 12.4. The van der Waals surface area contributed by atoms with Crippen LogP contribution in [0.5, 0.6) is 0 Å². The van der Waals surface area contributed by atoms with Crippen molar-refractivity contribution in [3.63, 3.8) is 0 Å². The molecule has 5 nitrogen and oxygen atoms in total. The maximum atomic E-state index is 12.6. The minimum atomic E-state index is -4.63. The molecule has 118 valence electrons. The number of anilines is 1. The number of halogens is 3. The fraction of sp³-hybridized carbons (Fsp3) is 0.583. The summed E-state index contributed by atoms with van der Waals surface area (Å²) in [5, 5.41) is 13.6. The third-order valence-corrected chi connectivity index (χ3v) is 3.60. The summed E-state index contributed by atoms with van der Waals surface area (Å²) in [6, 6.07) is 0.507. The summed E-state index contributed by atoms with van der Waals surface area (Å²) in [5.74, 6) is 1.77. The van der Waals surface area contributed by atoms with Gasteiger partial charge in [0.15, 0.2) is 0 Å². The van der Waals surface area contributed by atoms with Gasteiger partial charge in [-0.25, -0.2) is 4.98 Å². The van der Waals surface area contributed by atoms with Crippen LogP contribution in [0.3, 0.4) is 0 Å². The van der Waals surface area contributed by atoms with Crippen molar-refractivity contribution in [1.82, 2.24) is 4.98 Å². The van der Waals surface area contributed by atoms with Crippen LogP contribution < -0.4 is 5.32 Å². The first kappa shape index (κ1) is 17.5. The molecule has 1 heterocycles. The molecule has 0 aliphatic heterocycles. The Morgan fingerprint density at radius 2 is 2.19 bits per heavy atom. The van der Waals surface area contributed by atoms with Gasteiger partial charge in [-0.1, -0.05) is 6.92 Å². The van der Waals surface area contributed by atoms with Crippen LogP contribution in [0.4, 0.5) is 24.5 Å². The van der Waals surface area contributed by atoms with Crippen molar-refractivity contribution in [3.05, 3.63) is 28.1 Å². The Hall–Kier alpha value is -1.51. The van der Waals surface area contributed by atoms with Crippen LogP contribution in [0.1, 0.15) is 26.0 Å². The summed E-state index contributed by atoms with van der Waals surface area (Å²) in [7, 11) is 0. The summed E-state index contributed by atoms with van der Waals surface area (Å²) in [4.78, 5) is 13.2. The topological polar surface area (TPSA) is 68.1 Å². The molecule has 0 aromatic carbocycles. The van der Waals surface area contributed by atoms with Crippen LogP contribution in [0.25, 0.3) is 0 Å². The van der Waals surface area contributed by atoms with Crippen LogP contribution >= 0.6 is 11.8 Å². The van der Waals surface area contributed by atoms with Crippen molar-refractivity contribution in [2.75, 3.05) is 16.8 Å². The summed E-state index contributed by atoms with van der Waals surface area (Å²) >= 11 is 1.70. The molecule has 0 aliphatic carbocycles. The van der Waals surface area contributed by atoms with Crippen LogP contribution in [-0.2, 0) is 6.18 Å². The molecule has 0 aliphatic rings. The lowest BCUT2D eigenvalue weighted by molar-refractivity contribution is -0.384. The number of nitrogens with zero attached hydrogens (tertiary/aromatic N) is 2. The Balaban J connectivity index is 2.93. The molecule has 0 saturated heterocycles. The number of hydrogen-bond donors (Lipinski definition) is 1. The van der Waals surface area contributed by atoms with Gasteiger partial charge in [-0.2, -0.15) is 24.9 Å². The monoisotopic (exact) mass is 323 g/mol. The van der Waals surface area contributed by atoms with Crippen molar-refractivity contribution in [1.29, 1.82) is 0 Å². The number of nitro groups is 1. The fourth-order valence-electron chi connectivity index (χ4n) is 1.61. The molecule has 0 radical (unpaired) electrons. The van der Waals surface area contributed by atoms with Crippen LogP contribution in [0, 0.1) is 10.1 Å². The van der Waals surface area contributed by atoms with Crippen molar-refractivity contribution < 1.29 is 18.1 Å². The zero-order valence-electron chi connectivity index (χ0n) is 11.6. The second-order valence-corrected chi connectivity index (χ2v) is 5.77. The van der Waals surface area contributed by atoms with E-state index in [2.05, 4.69) is 10.3 Å². The summed E-state index contributed by atoms with van der Waals surface area (Å²) < 4.78 is 37.9. The number of hydrogen-bond acceptors (Lipinski definition) is 5. The van der Waals surface area contributed by atoms with Gasteiger partial charge in [-0.05, 0) is 30.9 Å². The van der Waals surface area contributed by atoms with E-state index in [-0.39, 0.29) is 11.7 Å². The fourth-order valence-corrected chi connectivity index (χ4v) is 2.42. The molecule has 1 aromatic heterocycles. The van der Waals surface area contributed by atoms with Gasteiger partial charge in [-0.3, -0.25) is 10.1 Å². The predicted octanol–water partition coefficient (Wildman–Crippen LogP) is 3.95. The Morgan fingerprint density at radius 3 is 2.71 bits per heavy atom. The Labute approximate surface area is 124 Å². The summed E-state index contributed by atoms with van der Waals surface area (Å²) in [6.45, 7) is 3.78. The first-order valence-electron chi connectivity index (χ1n) is 6.31. The molecular weight excluding hydrogens is 307 g/mol. The molecule has 1 rings (SSSR count). The standard InChI is InChI=1S/C12H16F3N3O2S/c1-3-21-5-4-8(2)17-9-6-11(12(13,14)15)16-7-10(9)18(19)20/h6-8H,3-5H2,1-2H3,(H,16,17). The zero-order chi connectivity index (χ0) is 16.0. The van der Waals surface area contributed by atoms with Crippen molar-refractivity contribution in [2.24, 2.45) is 0 Å². The van der Waals surface area contributed by atoms with Crippen molar-refractivity contribution in [2.45, 2.75) is 32.5 Å². The third-order valence-electron chi connectivity index (χ3n) is 2.67. The van der Waals surface area contributed by atoms with Gasteiger partial charge in [0, 0.05) is 6.04 Å². The molecule has 0 amide bonds. The van der Waals surface area contributed by atoms with Crippen molar-refractivity contribution >= 4 is 23.1 Å². The largest absolute Gasteiger partial charge is 0.433 e. The molecule has 0 fully saturated rings. The maximum Gasteiger partial charge on any atom is 0.433 e. The Kier molecular flexibility index (Phi) is 6.25. The van der Waals surface area contributed by atoms with Gasteiger partial charge in [-0.15, -0.1) is 0 Å². The lowest BCUT2D eigenvalue weighted by Crippen LogP contribution is -2.18. The highest BCUT2D eigenvalue weighted by Crippen LogP contribution is 2.33. The Bertz CT molecular complexity index is 497. The van der Waals surface area contributed by atoms with Gasteiger partial charge in [0.05, 0.1) is 4.92 Å². The number of pyridine rings is 1. The molecule has 1 atom stereocenters. The van der Waals surface area contributed by atoms with Gasteiger partial charge in [0.2, 0.25) is 0 Å². The highest BCUT2D eigenvalue weighted by Gasteiger charge is 2.34. The predicted molar refractivity (Wildman–Crippen MR) is 76.6 cm³/mol. The van der Waals surface area contributed by atoms with Crippen LogP contribution in [0.2, 0.25) is 0 Å². The average Bonchev–Trinajstić information content (AvgIpc) is 2.37. The van der Waals surface area contributed by atoms with Gasteiger partial charge in [0.1, 0.15) is 17.6 Å². The quantitative estimate of drug-likeness (QED) is 0.467. The summed E-state index contributed by atoms with van der Waals surface area (Å²) in [6.07, 6.45) is -3.30. The smallest absolute Gasteiger partial charge is 0.377 e. The van der Waals surface area contributed by atoms with E-state index in [9.17, 15) is 23.3 Å². The van der Waals surface area contributed by atoms with Crippen molar-refractivity contribution in [3.8, 4) is 0 Å². The average molecular weight is 323 g/mol. The SMILES string of the molecule is CCSCCC(C)Nc1cc(C(F)(F)F)ncc1[N+](=O)[O-]. The molecule has 9 heteroatoms. The summed E-state index contributed by atoms with van der Waals surface area (Å²) in [5.41, 5.74) is -1.76. The van der Waals surface area contributed by atoms with E-state index in [0.29, 0.717) is 18.7 Å². The highest BCUT2D eigenvalue weighted by atomic mass is 32.2. The molecule has 1 aromatic rings. The molecule has 1 N–H and O–H groups in total. The molecule has 21 heavy (non-hydrogen) atoms. The van der Waals surface area contributed by atoms with E-state index >= 15 is 0 Å². The van der Waals surface area contributed by atoms with Gasteiger partial charge in [0.25, 0.3) is 0 Å². The molecule has 0 saturated carbocycles. The maximum absolute atomic E-state index is 12.6. The van der Waals surface area contributed by atoms with E-state index in [1.165, 1.54) is 0 Å². The minimum absolute atomic E-state index is 0.156. The third kappa shape index (κ3) is 5.41. The van der Waals surface area contributed by atoms with E-state index < -0.39 is 22.5 Å². The lowest BCUT2D eigenvalue weighted by atomic mass is 10.2. The number of alkyl halides is 3. The molecule has 0 spiro atoms. The number of aromatic nitrogens is 1. The lowest BCUT2D eigenvalue weighted by Gasteiger charge is -2.16. The molecule has 0 bridgehead atoms. The minimum Gasteiger partial charge on any atom is -0.377 e. The molecule has 1 unspecified atom stereocenters. The van der Waals surface area contributed by atoms with E-state index in [1.54, 1.807) is 18.7 Å². The highest BCUT2D eigenvalue weighted by molar-refractivity contribution is 7.99. The number of thioether (sulfide) groups is 1. The van der Waals surface area contributed by atoms with E-state index in [4.69, 9.17) is 0 Å². The van der Waals surface area contributed by atoms with E-state index in [0.717, 1.165) is 11.5 Å². The normalized spacial score (nSPS) is 13.0. The first-order chi connectivity index (χ1) is 9.75. The van der Waals surface area contributed by atoms with Crippen LogP contribution in [-0.4, -0.2) is 27.5 Å². The number of rotatable bonds is 7. The van der Waals surface area contributed by atoms with Crippen LogP contribution in [0.15, 0.2) is 12.3 Å². The number of nitrogens with one attached hydrogen (secondary N) is 1. The first-order valence-corrected chi connectivity index (χ1v) is 7.47. The van der Waals surface area contributed by atoms with E-state index in [1.807, 2.05) is 6.92 Å². The molecular formula is C12H16F3N3O2S. The second-order valence-electron chi connectivity index (χ2n) is 4.37. The van der Waals surface area contributed by atoms with Gasteiger partial charge < -0.3 is 5.32 Å². The Morgan fingerprint density at radius 1 is 1.52 bits per heavy atom. The second kappa shape index (κ2) is 7.48. The van der Waals surface area contributed by atoms with Gasteiger partial charge >= 0.3 is 11.9 Å².